The molecule has 1 fully saturated rings. The Morgan fingerprint density at radius 3 is 2.50 bits per heavy atom. The molecular weight excluding hydrogens is 396 g/mol. The minimum atomic E-state index is -0.484. The maximum absolute atomic E-state index is 12.6. The highest BCUT2D eigenvalue weighted by Crippen LogP contribution is 2.34. The average molecular weight is 412 g/mol. The Balaban J connectivity index is 1.81. The molecule has 0 aliphatic carbocycles. The van der Waals surface area contributed by atoms with E-state index in [4.69, 9.17) is 12.2 Å². The number of para-hydroxylation sites is 1. The number of rotatable bonds is 5. The van der Waals surface area contributed by atoms with E-state index in [1.54, 1.807) is 24.4 Å². The van der Waals surface area contributed by atoms with Crippen LogP contribution in [0.25, 0.3) is 6.08 Å². The van der Waals surface area contributed by atoms with Gasteiger partial charge in [0.25, 0.3) is 11.6 Å². The minimum Gasteiger partial charge on any atom is -0.378 e. The van der Waals surface area contributed by atoms with Gasteiger partial charge in [-0.15, -0.1) is 0 Å². The van der Waals surface area contributed by atoms with E-state index in [1.807, 2.05) is 43.3 Å². The lowest BCUT2D eigenvalue weighted by atomic mass is 10.1. The number of anilines is 1. The summed E-state index contributed by atoms with van der Waals surface area (Å²) in [7, 11) is 3.90. The van der Waals surface area contributed by atoms with Crippen LogP contribution in [-0.4, -0.2) is 40.5 Å². The number of hydrogen-bond donors (Lipinski definition) is 0. The highest BCUT2D eigenvalue weighted by atomic mass is 32.2. The van der Waals surface area contributed by atoms with Crippen LogP contribution < -0.4 is 4.90 Å². The van der Waals surface area contributed by atoms with E-state index < -0.39 is 10.8 Å². The van der Waals surface area contributed by atoms with Crippen LogP contribution in [0.4, 0.5) is 11.4 Å². The van der Waals surface area contributed by atoms with Crippen molar-refractivity contribution < 1.29 is 9.72 Å². The van der Waals surface area contributed by atoms with Crippen molar-refractivity contribution in [1.82, 2.24) is 5.01 Å². The second-order valence-electron chi connectivity index (χ2n) is 6.04. The molecule has 0 N–H and O–H groups in total. The van der Waals surface area contributed by atoms with E-state index >= 15 is 0 Å². The first-order valence-electron chi connectivity index (χ1n) is 8.19. The molecule has 1 aliphatic heterocycles. The molecule has 9 heteroatoms. The molecule has 142 valence electrons. The molecule has 1 aliphatic rings. The Morgan fingerprint density at radius 1 is 1.18 bits per heavy atom. The zero-order valence-electron chi connectivity index (χ0n) is 15.1. The van der Waals surface area contributed by atoms with Gasteiger partial charge in [0.05, 0.1) is 21.6 Å². The van der Waals surface area contributed by atoms with E-state index in [0.29, 0.717) is 10.5 Å². The fourth-order valence-corrected chi connectivity index (χ4v) is 3.62. The number of benzene rings is 2. The molecule has 0 aromatic heterocycles. The third-order valence-electron chi connectivity index (χ3n) is 3.93. The monoisotopic (exact) mass is 412 g/mol. The van der Waals surface area contributed by atoms with Crippen LogP contribution in [0.3, 0.4) is 0 Å². The maximum Gasteiger partial charge on any atom is 0.286 e. The molecule has 3 rings (SSSR count). The van der Waals surface area contributed by atoms with E-state index in [1.165, 1.54) is 12.1 Å². The molecule has 1 heterocycles. The topological polar surface area (TPSA) is 79.0 Å². The number of thioether (sulfide) groups is 1. The normalized spacial score (nSPS) is 15.6. The third-order valence-corrected chi connectivity index (χ3v) is 5.21. The number of nitro benzene ring substituents is 1. The number of hydrogen-bond acceptors (Lipinski definition) is 7. The van der Waals surface area contributed by atoms with Gasteiger partial charge in [-0.25, -0.2) is 0 Å². The second-order valence-corrected chi connectivity index (χ2v) is 7.72. The lowest BCUT2D eigenvalue weighted by Gasteiger charge is -2.12. The number of amides is 1. The van der Waals surface area contributed by atoms with Crippen molar-refractivity contribution >= 4 is 57.9 Å². The van der Waals surface area contributed by atoms with Crippen molar-refractivity contribution in [3.63, 3.8) is 0 Å². The molecule has 0 unspecified atom stereocenters. The summed E-state index contributed by atoms with van der Waals surface area (Å²) >= 11 is 6.30. The molecule has 0 spiro atoms. The number of hydrazone groups is 1. The van der Waals surface area contributed by atoms with Crippen molar-refractivity contribution in [2.24, 2.45) is 5.10 Å². The van der Waals surface area contributed by atoms with Gasteiger partial charge in [0.2, 0.25) is 0 Å². The summed E-state index contributed by atoms with van der Waals surface area (Å²) in [6, 6.07) is 13.9. The van der Waals surface area contributed by atoms with Gasteiger partial charge in [0, 0.05) is 25.8 Å². The molecule has 28 heavy (non-hydrogen) atoms. The smallest absolute Gasteiger partial charge is 0.286 e. The molecule has 0 atom stereocenters. The van der Waals surface area contributed by atoms with Crippen LogP contribution in [0, 0.1) is 10.1 Å². The fraction of sp³-hybridized carbons (Fsp3) is 0.105. The number of carbonyl (C=O) groups excluding carboxylic acids is 1. The molecule has 2 aromatic rings. The molecule has 0 bridgehead atoms. The summed E-state index contributed by atoms with van der Waals surface area (Å²) in [6.45, 7) is 0. The average Bonchev–Trinajstić information content (AvgIpc) is 2.93. The van der Waals surface area contributed by atoms with Crippen LogP contribution in [0.2, 0.25) is 0 Å². The first kappa shape index (κ1) is 19.7. The molecule has 0 saturated carbocycles. The highest BCUT2D eigenvalue weighted by Gasteiger charge is 2.32. The van der Waals surface area contributed by atoms with E-state index in [0.717, 1.165) is 28.0 Å². The van der Waals surface area contributed by atoms with E-state index in [2.05, 4.69) is 5.10 Å². The summed E-state index contributed by atoms with van der Waals surface area (Å²) in [5.74, 6) is -0.408. The van der Waals surface area contributed by atoms with Crippen LogP contribution in [0.5, 0.6) is 0 Å². The largest absolute Gasteiger partial charge is 0.378 e. The SMILES string of the molecule is CN(C)c1ccc(C=NN2C(=O)C(=Cc3ccccc3[N+](=O)[O-])SC2=S)cc1. The lowest BCUT2D eigenvalue weighted by Crippen LogP contribution is -2.22. The van der Waals surface area contributed by atoms with Gasteiger partial charge in [-0.1, -0.05) is 36.0 Å². The second kappa shape index (κ2) is 8.32. The Hall–Kier alpha value is -3.04. The Bertz CT molecular complexity index is 1000. The van der Waals surface area contributed by atoms with Crippen LogP contribution >= 0.6 is 24.0 Å². The van der Waals surface area contributed by atoms with Gasteiger partial charge in [-0.05, 0) is 42.1 Å². The van der Waals surface area contributed by atoms with Crippen LogP contribution in [-0.2, 0) is 4.79 Å². The number of nitro groups is 1. The zero-order chi connectivity index (χ0) is 20.3. The molecule has 2 aromatic carbocycles. The summed E-state index contributed by atoms with van der Waals surface area (Å²) < 4.78 is 0.274. The lowest BCUT2D eigenvalue weighted by molar-refractivity contribution is -0.385. The standard InChI is InChI=1S/C19H16N4O3S2/c1-21(2)15-9-7-13(8-10-15)12-20-22-18(24)17(28-19(22)27)11-14-5-3-4-6-16(14)23(25)26/h3-12H,1-2H3. The predicted molar refractivity (Wildman–Crippen MR) is 116 cm³/mol. The maximum atomic E-state index is 12.6. The Kier molecular flexibility index (Phi) is 5.86. The van der Waals surface area contributed by atoms with E-state index in [9.17, 15) is 14.9 Å². The minimum absolute atomic E-state index is 0.0720. The predicted octanol–water partition coefficient (Wildman–Crippen LogP) is 3.90. The number of carbonyl (C=O) groups is 1. The van der Waals surface area contributed by atoms with Crippen molar-refractivity contribution in [2.75, 3.05) is 19.0 Å². The summed E-state index contributed by atoms with van der Waals surface area (Å²) in [6.07, 6.45) is 3.02. The number of thiocarbonyl (C=S) groups is 1. The van der Waals surface area contributed by atoms with E-state index in [-0.39, 0.29) is 10.0 Å². The summed E-state index contributed by atoms with van der Waals surface area (Å²) in [4.78, 5) is 25.6. The first-order chi connectivity index (χ1) is 13.4. The van der Waals surface area contributed by atoms with Crippen LogP contribution in [0.1, 0.15) is 11.1 Å². The van der Waals surface area contributed by atoms with Gasteiger partial charge in [-0.2, -0.15) is 10.1 Å². The van der Waals surface area contributed by atoms with Crippen molar-refractivity contribution in [1.29, 1.82) is 0 Å². The molecule has 1 amide bonds. The quantitative estimate of drug-likeness (QED) is 0.244. The molecule has 7 nitrogen and oxygen atoms in total. The van der Waals surface area contributed by atoms with Crippen molar-refractivity contribution in [2.45, 2.75) is 0 Å². The number of nitrogens with zero attached hydrogens (tertiary/aromatic N) is 4. The summed E-state index contributed by atoms with van der Waals surface area (Å²) in [5.41, 5.74) is 2.14. The van der Waals surface area contributed by atoms with Gasteiger partial charge < -0.3 is 4.90 Å². The van der Waals surface area contributed by atoms with Gasteiger partial charge in [0.1, 0.15) is 0 Å². The first-order valence-corrected chi connectivity index (χ1v) is 9.42. The van der Waals surface area contributed by atoms with Crippen molar-refractivity contribution in [3.8, 4) is 0 Å². The molecule has 0 radical (unpaired) electrons. The summed E-state index contributed by atoms with van der Waals surface area (Å²) in [5, 5.41) is 16.5. The third kappa shape index (κ3) is 4.26. The van der Waals surface area contributed by atoms with Gasteiger partial charge in [-0.3, -0.25) is 14.9 Å². The molecule has 1 saturated heterocycles. The van der Waals surface area contributed by atoms with Gasteiger partial charge >= 0.3 is 0 Å². The highest BCUT2D eigenvalue weighted by molar-refractivity contribution is 8.26. The zero-order valence-corrected chi connectivity index (χ0v) is 16.7. The van der Waals surface area contributed by atoms with Crippen molar-refractivity contribution in [3.05, 3.63) is 74.7 Å². The van der Waals surface area contributed by atoms with Gasteiger partial charge in [0.15, 0.2) is 4.32 Å². The Morgan fingerprint density at radius 2 is 1.86 bits per heavy atom. The fourth-order valence-electron chi connectivity index (χ4n) is 2.46. The Labute approximate surface area is 171 Å². The molecular formula is C19H16N4O3S2. The van der Waals surface area contributed by atoms with Crippen LogP contribution in [0.15, 0.2) is 58.5 Å².